The Labute approximate surface area is 153 Å². The van der Waals surface area contributed by atoms with Gasteiger partial charge in [-0.15, -0.1) is 0 Å². The first-order valence-electron chi connectivity index (χ1n) is 8.31. The lowest BCUT2D eigenvalue weighted by Gasteiger charge is -2.37. The third kappa shape index (κ3) is 3.68. The molecule has 2 nitrogen and oxygen atoms in total. The summed E-state index contributed by atoms with van der Waals surface area (Å²) in [4.78, 5) is 0. The van der Waals surface area contributed by atoms with E-state index in [4.69, 9.17) is 11.5 Å². The summed E-state index contributed by atoms with van der Waals surface area (Å²) < 4.78 is 85.3. The van der Waals surface area contributed by atoms with Crippen molar-refractivity contribution < 1.29 is 26.3 Å². The molecule has 2 aromatic rings. The smallest absolute Gasteiger partial charge is 0.330 e. The summed E-state index contributed by atoms with van der Waals surface area (Å²) in [6.45, 7) is -0.0652. The fourth-order valence-corrected chi connectivity index (χ4v) is 3.14. The van der Waals surface area contributed by atoms with Crippen LogP contribution in [-0.2, 0) is 18.5 Å². The zero-order valence-corrected chi connectivity index (χ0v) is 14.4. The lowest BCUT2D eigenvalue weighted by Crippen LogP contribution is -2.53. The van der Waals surface area contributed by atoms with E-state index in [9.17, 15) is 22.0 Å². The van der Waals surface area contributed by atoms with E-state index in [2.05, 4.69) is 0 Å². The third-order valence-electron chi connectivity index (χ3n) is 4.39. The first-order valence-corrected chi connectivity index (χ1v) is 8.31. The van der Waals surface area contributed by atoms with Gasteiger partial charge in [0, 0.05) is 11.1 Å². The molecule has 2 rings (SSSR count). The van der Waals surface area contributed by atoms with Crippen molar-refractivity contribution in [3.63, 3.8) is 0 Å². The van der Waals surface area contributed by atoms with Gasteiger partial charge in [0.15, 0.2) is 0 Å². The number of alkyl halides is 6. The Morgan fingerprint density at radius 3 is 1.33 bits per heavy atom. The van der Waals surface area contributed by atoms with Crippen LogP contribution in [0.5, 0.6) is 0 Å². The van der Waals surface area contributed by atoms with Crippen LogP contribution in [0.3, 0.4) is 0 Å². The van der Waals surface area contributed by atoms with Crippen LogP contribution >= 0.6 is 0 Å². The fraction of sp³-hybridized carbons (Fsp3) is 0.368. The van der Waals surface area contributed by atoms with Gasteiger partial charge in [-0.05, 0) is 37.1 Å². The van der Waals surface area contributed by atoms with E-state index in [0.29, 0.717) is 0 Å². The van der Waals surface area contributed by atoms with Crippen LogP contribution in [0.2, 0.25) is 0 Å². The topological polar surface area (TPSA) is 52.0 Å². The number of halogens is 6. The van der Waals surface area contributed by atoms with Gasteiger partial charge in [-0.3, -0.25) is 0 Å². The Bertz CT molecular complexity index is 723. The molecule has 0 saturated carbocycles. The largest absolute Gasteiger partial charge is 0.457 e. The molecule has 27 heavy (non-hydrogen) atoms. The Balaban J connectivity index is 2.88. The second kappa shape index (κ2) is 7.90. The van der Waals surface area contributed by atoms with Crippen molar-refractivity contribution in [3.05, 3.63) is 70.8 Å². The molecular weight excluding hydrogens is 370 g/mol. The van der Waals surface area contributed by atoms with Crippen molar-refractivity contribution >= 4 is 0 Å². The van der Waals surface area contributed by atoms with Gasteiger partial charge in [-0.1, -0.05) is 48.5 Å². The average Bonchev–Trinajstić information content (AvgIpc) is 2.61. The Hall–Kier alpha value is -2.06. The van der Waals surface area contributed by atoms with Crippen molar-refractivity contribution in [2.75, 3.05) is 13.1 Å². The fourth-order valence-electron chi connectivity index (χ4n) is 3.14. The molecule has 0 spiro atoms. The van der Waals surface area contributed by atoms with Crippen LogP contribution < -0.4 is 11.5 Å². The van der Waals surface area contributed by atoms with E-state index in [1.807, 2.05) is 0 Å². The van der Waals surface area contributed by atoms with Gasteiger partial charge in [-0.25, -0.2) is 4.39 Å². The summed E-state index contributed by atoms with van der Waals surface area (Å²) in [6, 6.07) is 9.82. The van der Waals surface area contributed by atoms with Gasteiger partial charge in [0.2, 0.25) is 5.67 Å². The van der Waals surface area contributed by atoms with Crippen LogP contribution in [0.15, 0.2) is 48.5 Å². The molecule has 2 aromatic carbocycles. The SMILES string of the molecule is NCCc1ccccc1C(F)(c1ccccc1CCN)C(F)(F)C(F)(F)F. The zero-order chi connectivity index (χ0) is 20.3. The molecule has 0 bridgehead atoms. The number of benzene rings is 2. The minimum atomic E-state index is -6.10. The van der Waals surface area contributed by atoms with E-state index in [1.54, 1.807) is 0 Å². The zero-order valence-electron chi connectivity index (χ0n) is 14.4. The molecule has 0 aromatic heterocycles. The second-order valence-electron chi connectivity index (χ2n) is 6.12. The second-order valence-corrected chi connectivity index (χ2v) is 6.12. The monoisotopic (exact) mass is 390 g/mol. The van der Waals surface area contributed by atoms with Crippen LogP contribution in [0.25, 0.3) is 0 Å². The molecule has 0 aliphatic carbocycles. The number of hydrogen-bond donors (Lipinski definition) is 2. The minimum Gasteiger partial charge on any atom is -0.330 e. The number of hydrogen-bond acceptors (Lipinski definition) is 2. The predicted molar refractivity (Wildman–Crippen MR) is 91.3 cm³/mol. The molecule has 0 fully saturated rings. The maximum Gasteiger partial charge on any atom is 0.457 e. The van der Waals surface area contributed by atoms with Gasteiger partial charge >= 0.3 is 12.1 Å². The minimum absolute atomic E-state index is 0.00558. The molecule has 148 valence electrons. The van der Waals surface area contributed by atoms with Gasteiger partial charge in [0.25, 0.3) is 0 Å². The van der Waals surface area contributed by atoms with Crippen molar-refractivity contribution in [2.45, 2.75) is 30.6 Å². The highest BCUT2D eigenvalue weighted by atomic mass is 19.4. The highest BCUT2D eigenvalue weighted by Crippen LogP contribution is 2.55. The lowest BCUT2D eigenvalue weighted by atomic mass is 9.77. The molecule has 0 aliphatic rings. The van der Waals surface area contributed by atoms with Crippen LogP contribution in [0.1, 0.15) is 22.3 Å². The summed E-state index contributed by atoms with van der Waals surface area (Å²) in [6.07, 6.45) is -6.20. The molecule has 4 N–H and O–H groups in total. The average molecular weight is 390 g/mol. The highest BCUT2D eigenvalue weighted by molar-refractivity contribution is 5.47. The summed E-state index contributed by atoms with van der Waals surface area (Å²) >= 11 is 0. The molecule has 0 saturated heterocycles. The molecule has 8 heteroatoms. The van der Waals surface area contributed by atoms with Gasteiger partial charge < -0.3 is 11.5 Å². The number of nitrogens with two attached hydrogens (primary N) is 2. The normalized spacial score (nSPS) is 13.0. The van der Waals surface area contributed by atoms with Gasteiger partial charge in [-0.2, -0.15) is 22.0 Å². The van der Waals surface area contributed by atoms with Gasteiger partial charge in [0.1, 0.15) is 0 Å². The van der Waals surface area contributed by atoms with Crippen molar-refractivity contribution in [1.29, 1.82) is 0 Å². The molecule has 0 radical (unpaired) electrons. The van der Waals surface area contributed by atoms with Crippen LogP contribution in [0.4, 0.5) is 26.3 Å². The molecule has 0 heterocycles. The summed E-state index contributed by atoms with van der Waals surface area (Å²) in [5.41, 5.74) is 5.24. The summed E-state index contributed by atoms with van der Waals surface area (Å²) in [5.74, 6) is -5.67. The standard InChI is InChI=1S/C19H20F6N2/c20-17(18(21,22)19(23,24)25,15-7-3-1-5-13(15)9-11-26)16-8-4-2-6-14(16)10-12-27/h1-8H,9-12,26-27H2. The Morgan fingerprint density at radius 2 is 1.00 bits per heavy atom. The van der Waals surface area contributed by atoms with Crippen molar-refractivity contribution in [2.24, 2.45) is 11.5 Å². The van der Waals surface area contributed by atoms with Crippen LogP contribution in [-0.4, -0.2) is 25.2 Å². The molecule has 0 amide bonds. The van der Waals surface area contributed by atoms with E-state index in [-0.39, 0.29) is 37.1 Å². The number of rotatable bonds is 7. The van der Waals surface area contributed by atoms with E-state index in [1.165, 1.54) is 36.4 Å². The molecular formula is C19H20F6N2. The highest BCUT2D eigenvalue weighted by Gasteiger charge is 2.73. The third-order valence-corrected chi connectivity index (χ3v) is 4.39. The van der Waals surface area contributed by atoms with E-state index >= 15 is 4.39 Å². The van der Waals surface area contributed by atoms with Crippen molar-refractivity contribution in [1.82, 2.24) is 0 Å². The first kappa shape index (κ1) is 21.2. The predicted octanol–water partition coefficient (Wildman–Crippen LogP) is 4.10. The maximum atomic E-state index is 16.1. The van der Waals surface area contributed by atoms with Crippen molar-refractivity contribution in [3.8, 4) is 0 Å². The Morgan fingerprint density at radius 1 is 0.630 bits per heavy atom. The van der Waals surface area contributed by atoms with E-state index < -0.39 is 28.9 Å². The molecule has 0 atom stereocenters. The quantitative estimate of drug-likeness (QED) is 0.700. The molecule has 0 aliphatic heterocycles. The summed E-state index contributed by atoms with van der Waals surface area (Å²) in [7, 11) is 0. The van der Waals surface area contributed by atoms with E-state index in [0.717, 1.165) is 12.1 Å². The first-order chi connectivity index (χ1) is 12.6. The molecule has 0 unspecified atom stereocenters. The van der Waals surface area contributed by atoms with Crippen LogP contribution in [0, 0.1) is 0 Å². The maximum absolute atomic E-state index is 16.1. The lowest BCUT2D eigenvalue weighted by molar-refractivity contribution is -0.323. The summed E-state index contributed by atoms with van der Waals surface area (Å²) in [5, 5.41) is 0. The van der Waals surface area contributed by atoms with Gasteiger partial charge in [0.05, 0.1) is 0 Å². The Kier molecular flexibility index (Phi) is 6.21.